The molecule has 0 saturated carbocycles. The van der Waals surface area contributed by atoms with Gasteiger partial charge in [-0.1, -0.05) is 11.6 Å². The number of amides is 2. The number of nitrogens with one attached hydrogen (secondary N) is 1. The molecule has 30 heavy (non-hydrogen) atoms. The molecule has 0 aliphatic carbocycles. The van der Waals surface area contributed by atoms with Crippen LogP contribution >= 0.6 is 11.6 Å². The van der Waals surface area contributed by atoms with Gasteiger partial charge in [-0.25, -0.2) is 4.98 Å². The maximum absolute atomic E-state index is 12.5. The summed E-state index contributed by atoms with van der Waals surface area (Å²) in [6, 6.07) is 7.33. The second-order valence-corrected chi connectivity index (χ2v) is 7.56. The van der Waals surface area contributed by atoms with Crippen LogP contribution < -0.4 is 5.32 Å². The molecule has 9 heteroatoms. The molecule has 1 aliphatic heterocycles. The van der Waals surface area contributed by atoms with Gasteiger partial charge in [0.1, 0.15) is 0 Å². The number of methoxy groups -OCH3 is 1. The van der Waals surface area contributed by atoms with E-state index in [4.69, 9.17) is 20.8 Å². The Kier molecular flexibility index (Phi) is 8.24. The molecular weight excluding hydrogens is 408 g/mol. The second kappa shape index (κ2) is 11.1. The SMILES string of the molecule is COCCNC(=O)CN1CCN(C(=O)CCc2ncc(-c3ccc(Cl)cc3)o2)CC1. The van der Waals surface area contributed by atoms with E-state index in [2.05, 4.69) is 15.2 Å². The number of hydrogen-bond acceptors (Lipinski definition) is 6. The van der Waals surface area contributed by atoms with Crippen LogP contribution in [0.15, 0.2) is 34.9 Å². The van der Waals surface area contributed by atoms with E-state index < -0.39 is 0 Å². The molecule has 0 spiro atoms. The molecule has 0 radical (unpaired) electrons. The summed E-state index contributed by atoms with van der Waals surface area (Å²) in [6.07, 6.45) is 2.46. The zero-order valence-corrected chi connectivity index (χ0v) is 17.9. The molecule has 8 nitrogen and oxygen atoms in total. The summed E-state index contributed by atoms with van der Waals surface area (Å²) in [5.74, 6) is 1.25. The highest BCUT2D eigenvalue weighted by atomic mass is 35.5. The molecule has 2 heterocycles. The molecule has 1 N–H and O–H groups in total. The van der Waals surface area contributed by atoms with Crippen molar-refractivity contribution in [3.8, 4) is 11.3 Å². The van der Waals surface area contributed by atoms with Crippen LogP contribution in [0.25, 0.3) is 11.3 Å². The van der Waals surface area contributed by atoms with E-state index in [9.17, 15) is 9.59 Å². The molecule has 2 aromatic rings. The average Bonchev–Trinajstić information content (AvgIpc) is 3.22. The van der Waals surface area contributed by atoms with Crippen molar-refractivity contribution >= 4 is 23.4 Å². The van der Waals surface area contributed by atoms with Crippen LogP contribution in [0.4, 0.5) is 0 Å². The van der Waals surface area contributed by atoms with Crippen molar-refractivity contribution < 1.29 is 18.7 Å². The third-order valence-electron chi connectivity index (χ3n) is 4.96. The van der Waals surface area contributed by atoms with Crippen molar-refractivity contribution in [1.29, 1.82) is 0 Å². The normalized spacial score (nSPS) is 14.7. The first-order chi connectivity index (χ1) is 14.5. The summed E-state index contributed by atoms with van der Waals surface area (Å²) in [4.78, 5) is 32.6. The van der Waals surface area contributed by atoms with Gasteiger partial charge in [-0.15, -0.1) is 0 Å². The average molecular weight is 435 g/mol. The molecule has 3 rings (SSSR count). The van der Waals surface area contributed by atoms with Crippen molar-refractivity contribution in [3.05, 3.63) is 41.4 Å². The van der Waals surface area contributed by atoms with E-state index in [0.29, 0.717) is 75.4 Å². The first-order valence-electron chi connectivity index (χ1n) is 10.0. The van der Waals surface area contributed by atoms with Gasteiger partial charge in [0.15, 0.2) is 11.7 Å². The molecule has 162 valence electrons. The molecular formula is C21H27ClN4O4. The number of oxazole rings is 1. The Hall–Kier alpha value is -2.42. The quantitative estimate of drug-likeness (QED) is 0.606. The number of aromatic nitrogens is 1. The largest absolute Gasteiger partial charge is 0.441 e. The third kappa shape index (κ3) is 6.55. The summed E-state index contributed by atoms with van der Waals surface area (Å²) < 4.78 is 10.7. The van der Waals surface area contributed by atoms with Crippen molar-refractivity contribution in [2.45, 2.75) is 12.8 Å². The number of hydrogen-bond donors (Lipinski definition) is 1. The van der Waals surface area contributed by atoms with E-state index in [1.807, 2.05) is 17.0 Å². The molecule has 1 aliphatic rings. The molecule has 1 aromatic heterocycles. The molecule has 0 unspecified atom stereocenters. The zero-order valence-electron chi connectivity index (χ0n) is 17.1. The molecule has 2 amide bonds. The monoisotopic (exact) mass is 434 g/mol. The number of benzene rings is 1. The number of carbonyl (C=O) groups excluding carboxylic acids is 2. The van der Waals surface area contributed by atoms with E-state index >= 15 is 0 Å². The van der Waals surface area contributed by atoms with Gasteiger partial charge in [-0.3, -0.25) is 14.5 Å². The molecule has 0 bridgehead atoms. The van der Waals surface area contributed by atoms with E-state index in [1.54, 1.807) is 25.4 Å². The topological polar surface area (TPSA) is 87.9 Å². The van der Waals surface area contributed by atoms with Crippen LogP contribution in [0.5, 0.6) is 0 Å². The fourth-order valence-electron chi connectivity index (χ4n) is 3.25. The Morgan fingerprint density at radius 1 is 1.20 bits per heavy atom. The van der Waals surface area contributed by atoms with Crippen molar-refractivity contribution in [2.75, 3.05) is 53.0 Å². The Morgan fingerprint density at radius 3 is 2.63 bits per heavy atom. The van der Waals surface area contributed by atoms with E-state index in [-0.39, 0.29) is 11.8 Å². The van der Waals surface area contributed by atoms with Gasteiger partial charge < -0.3 is 19.4 Å². The standard InChI is InChI=1S/C21H27ClN4O4/c1-29-13-8-23-19(27)15-25-9-11-26(12-10-25)21(28)7-6-20-24-14-18(30-20)16-2-4-17(22)5-3-16/h2-5,14H,6-13,15H2,1H3,(H,23,27). The van der Waals surface area contributed by atoms with E-state index in [1.165, 1.54) is 0 Å². The summed E-state index contributed by atoms with van der Waals surface area (Å²) >= 11 is 5.91. The number of nitrogens with zero attached hydrogens (tertiary/aromatic N) is 3. The maximum Gasteiger partial charge on any atom is 0.234 e. The number of ether oxygens (including phenoxy) is 1. The highest BCUT2D eigenvalue weighted by molar-refractivity contribution is 6.30. The number of halogens is 1. The fraction of sp³-hybridized carbons (Fsp3) is 0.476. The fourth-order valence-corrected chi connectivity index (χ4v) is 3.38. The predicted octanol–water partition coefficient (Wildman–Crippen LogP) is 1.83. The smallest absolute Gasteiger partial charge is 0.234 e. The highest BCUT2D eigenvalue weighted by Crippen LogP contribution is 2.22. The first-order valence-corrected chi connectivity index (χ1v) is 10.4. The van der Waals surface area contributed by atoms with Crippen LogP contribution in [-0.2, 0) is 20.7 Å². The maximum atomic E-state index is 12.5. The number of rotatable bonds is 9. The number of aryl methyl sites for hydroxylation is 1. The Balaban J connectivity index is 1.39. The summed E-state index contributed by atoms with van der Waals surface area (Å²) in [5.41, 5.74) is 0.895. The Morgan fingerprint density at radius 2 is 1.93 bits per heavy atom. The minimum Gasteiger partial charge on any atom is -0.441 e. The molecule has 0 atom stereocenters. The van der Waals surface area contributed by atoms with Crippen molar-refractivity contribution in [3.63, 3.8) is 0 Å². The van der Waals surface area contributed by atoms with Crippen molar-refractivity contribution in [2.24, 2.45) is 0 Å². The predicted molar refractivity (Wildman–Crippen MR) is 113 cm³/mol. The second-order valence-electron chi connectivity index (χ2n) is 7.12. The van der Waals surface area contributed by atoms with Crippen LogP contribution in [-0.4, -0.2) is 79.6 Å². The Labute approximate surface area is 181 Å². The Bertz CT molecular complexity index is 832. The summed E-state index contributed by atoms with van der Waals surface area (Å²) in [7, 11) is 1.60. The van der Waals surface area contributed by atoms with Gasteiger partial charge in [0.2, 0.25) is 11.8 Å². The molecule has 1 fully saturated rings. The summed E-state index contributed by atoms with van der Waals surface area (Å²) in [6.45, 7) is 3.95. The lowest BCUT2D eigenvalue weighted by molar-refractivity contribution is -0.133. The lowest BCUT2D eigenvalue weighted by atomic mass is 10.2. The van der Waals surface area contributed by atoms with Crippen LogP contribution in [0, 0.1) is 0 Å². The lowest BCUT2D eigenvalue weighted by Gasteiger charge is -2.34. The van der Waals surface area contributed by atoms with Gasteiger partial charge in [0, 0.05) is 63.3 Å². The van der Waals surface area contributed by atoms with Gasteiger partial charge in [0.05, 0.1) is 19.3 Å². The van der Waals surface area contributed by atoms with Gasteiger partial charge >= 0.3 is 0 Å². The van der Waals surface area contributed by atoms with Gasteiger partial charge in [-0.05, 0) is 24.3 Å². The van der Waals surface area contributed by atoms with Crippen LogP contribution in [0.2, 0.25) is 5.02 Å². The van der Waals surface area contributed by atoms with Crippen molar-refractivity contribution in [1.82, 2.24) is 20.1 Å². The molecule has 1 saturated heterocycles. The van der Waals surface area contributed by atoms with Crippen LogP contribution in [0.1, 0.15) is 12.3 Å². The zero-order chi connectivity index (χ0) is 21.3. The number of carbonyl (C=O) groups is 2. The minimum atomic E-state index is -0.0211. The van der Waals surface area contributed by atoms with Gasteiger partial charge in [0.25, 0.3) is 0 Å². The minimum absolute atomic E-state index is 0.0211. The number of piperazine rings is 1. The first kappa shape index (κ1) is 22.3. The molecule has 1 aromatic carbocycles. The lowest BCUT2D eigenvalue weighted by Crippen LogP contribution is -2.51. The van der Waals surface area contributed by atoms with Crippen LogP contribution in [0.3, 0.4) is 0 Å². The third-order valence-corrected chi connectivity index (χ3v) is 5.21. The van der Waals surface area contributed by atoms with Gasteiger partial charge in [-0.2, -0.15) is 0 Å². The summed E-state index contributed by atoms with van der Waals surface area (Å²) in [5, 5.41) is 3.47. The van der Waals surface area contributed by atoms with E-state index in [0.717, 1.165) is 5.56 Å². The highest BCUT2D eigenvalue weighted by Gasteiger charge is 2.22.